The van der Waals surface area contributed by atoms with Crippen LogP contribution in [0, 0.1) is 34.5 Å². The first-order chi connectivity index (χ1) is 13.7. The molecule has 28 heavy (non-hydrogen) atoms. The predicted molar refractivity (Wildman–Crippen MR) is 117 cm³/mol. The van der Waals surface area contributed by atoms with E-state index in [0.29, 0.717) is 10.8 Å². The average molecular weight is 379 g/mol. The molecule has 1 aromatic rings. The first kappa shape index (κ1) is 19.9. The van der Waals surface area contributed by atoms with Crippen LogP contribution >= 0.6 is 0 Å². The van der Waals surface area contributed by atoms with Gasteiger partial charge < -0.3 is 4.74 Å². The fraction of sp³-hybridized carbons (Fsp3) is 0.704. The fourth-order valence-corrected chi connectivity index (χ4v) is 6.26. The maximum absolute atomic E-state index is 5.69. The van der Waals surface area contributed by atoms with Gasteiger partial charge in [0.25, 0.3) is 0 Å². The first-order valence-electron chi connectivity index (χ1n) is 11.9. The van der Waals surface area contributed by atoms with Crippen molar-refractivity contribution in [3.8, 4) is 17.6 Å². The number of fused-ring (bicyclic) bond motifs is 3. The second-order valence-electron chi connectivity index (χ2n) is 9.89. The first-order valence-corrected chi connectivity index (χ1v) is 11.9. The Morgan fingerprint density at radius 2 is 1.54 bits per heavy atom. The van der Waals surface area contributed by atoms with Crippen LogP contribution in [0.3, 0.4) is 0 Å². The minimum Gasteiger partial charge on any atom is -0.494 e. The molecule has 1 aromatic carbocycles. The molecule has 0 saturated heterocycles. The minimum atomic E-state index is 0.305. The summed E-state index contributed by atoms with van der Waals surface area (Å²) >= 11 is 0. The van der Waals surface area contributed by atoms with Crippen LogP contribution in [0.2, 0.25) is 0 Å². The molecule has 4 aliphatic rings. The fourth-order valence-electron chi connectivity index (χ4n) is 6.26. The lowest BCUT2D eigenvalue weighted by atomic mass is 9.48. The molecule has 0 unspecified atom stereocenters. The van der Waals surface area contributed by atoms with Crippen molar-refractivity contribution in [2.75, 3.05) is 6.61 Å². The van der Waals surface area contributed by atoms with Crippen molar-refractivity contribution in [1.82, 2.24) is 0 Å². The highest BCUT2D eigenvalue weighted by molar-refractivity contribution is 5.39. The molecule has 1 heteroatoms. The zero-order valence-corrected chi connectivity index (χ0v) is 18.1. The van der Waals surface area contributed by atoms with Crippen LogP contribution in [0.4, 0.5) is 0 Å². The van der Waals surface area contributed by atoms with Crippen LogP contribution in [0.15, 0.2) is 24.3 Å². The van der Waals surface area contributed by atoms with Crippen molar-refractivity contribution in [2.24, 2.45) is 22.7 Å². The Morgan fingerprint density at radius 1 is 0.893 bits per heavy atom. The van der Waals surface area contributed by atoms with Gasteiger partial charge in [0, 0.05) is 11.0 Å². The third-order valence-electron chi connectivity index (χ3n) is 8.39. The number of ether oxygens (including phenoxy) is 1. The molecule has 0 atom stereocenters. The molecule has 0 aromatic heterocycles. The zero-order chi connectivity index (χ0) is 19.5. The van der Waals surface area contributed by atoms with E-state index in [9.17, 15) is 0 Å². The summed E-state index contributed by atoms with van der Waals surface area (Å²) in [6, 6.07) is 8.38. The Labute approximate surface area is 172 Å². The third kappa shape index (κ3) is 4.12. The van der Waals surface area contributed by atoms with Crippen molar-refractivity contribution in [3.05, 3.63) is 29.8 Å². The lowest BCUT2D eigenvalue weighted by Gasteiger charge is -2.56. The lowest BCUT2D eigenvalue weighted by molar-refractivity contribution is -0.0376. The van der Waals surface area contributed by atoms with Crippen molar-refractivity contribution in [1.29, 1.82) is 0 Å². The van der Waals surface area contributed by atoms with Gasteiger partial charge in [-0.1, -0.05) is 45.0 Å². The second-order valence-corrected chi connectivity index (χ2v) is 9.89. The van der Waals surface area contributed by atoms with Gasteiger partial charge in [-0.15, -0.1) is 0 Å². The molecular weight excluding hydrogens is 340 g/mol. The number of benzene rings is 1. The number of hydrogen-bond acceptors (Lipinski definition) is 1. The maximum atomic E-state index is 5.69. The van der Waals surface area contributed by atoms with Gasteiger partial charge in [-0.3, -0.25) is 0 Å². The molecule has 0 aliphatic heterocycles. The van der Waals surface area contributed by atoms with E-state index < -0.39 is 0 Å². The van der Waals surface area contributed by atoms with Gasteiger partial charge in [0.15, 0.2) is 0 Å². The van der Waals surface area contributed by atoms with Crippen LogP contribution in [-0.4, -0.2) is 6.61 Å². The highest BCUT2D eigenvalue weighted by Crippen LogP contribution is 2.62. The summed E-state index contributed by atoms with van der Waals surface area (Å²) < 4.78 is 5.69. The summed E-state index contributed by atoms with van der Waals surface area (Å²) in [5.41, 5.74) is 2.12. The SMILES string of the molecule is CCCOc1ccc(C#CC23CCC([C@H]4CC[C@H](CC)CC4)(CC2)CC3)cc1. The Bertz CT molecular complexity index is 671. The van der Waals surface area contributed by atoms with E-state index in [1.54, 1.807) is 0 Å². The molecule has 4 aliphatic carbocycles. The molecular formula is C27H38O. The Morgan fingerprint density at radius 3 is 2.11 bits per heavy atom. The van der Waals surface area contributed by atoms with Gasteiger partial charge in [-0.2, -0.15) is 0 Å². The molecule has 0 radical (unpaired) electrons. The Hall–Kier alpha value is -1.42. The van der Waals surface area contributed by atoms with Crippen LogP contribution < -0.4 is 4.74 Å². The summed E-state index contributed by atoms with van der Waals surface area (Å²) in [6.45, 7) is 5.30. The topological polar surface area (TPSA) is 9.23 Å². The molecule has 5 rings (SSSR count). The summed E-state index contributed by atoms with van der Waals surface area (Å²) in [4.78, 5) is 0. The Balaban J connectivity index is 1.36. The molecule has 0 amide bonds. The van der Waals surface area contributed by atoms with E-state index >= 15 is 0 Å². The monoisotopic (exact) mass is 378 g/mol. The molecule has 152 valence electrons. The summed E-state index contributed by atoms with van der Waals surface area (Å²) in [5.74, 6) is 10.3. The van der Waals surface area contributed by atoms with E-state index in [1.165, 1.54) is 70.6 Å². The van der Waals surface area contributed by atoms with Gasteiger partial charge in [0.2, 0.25) is 0 Å². The van der Waals surface area contributed by atoms with Crippen LogP contribution in [0.5, 0.6) is 5.75 Å². The largest absolute Gasteiger partial charge is 0.494 e. The molecule has 4 saturated carbocycles. The lowest BCUT2D eigenvalue weighted by Crippen LogP contribution is -2.45. The second kappa shape index (κ2) is 8.52. The quantitative estimate of drug-likeness (QED) is 0.485. The van der Waals surface area contributed by atoms with Crippen molar-refractivity contribution >= 4 is 0 Å². The molecule has 4 fully saturated rings. The van der Waals surface area contributed by atoms with Crippen LogP contribution in [0.1, 0.15) is 96.5 Å². The number of rotatable bonds is 5. The van der Waals surface area contributed by atoms with Crippen molar-refractivity contribution in [3.63, 3.8) is 0 Å². The maximum Gasteiger partial charge on any atom is 0.119 e. The van der Waals surface area contributed by atoms with E-state index in [2.05, 4.69) is 50.0 Å². The summed E-state index contributed by atoms with van der Waals surface area (Å²) in [7, 11) is 0. The van der Waals surface area contributed by atoms with Crippen LogP contribution in [0.25, 0.3) is 0 Å². The number of hydrogen-bond donors (Lipinski definition) is 0. The molecule has 1 nitrogen and oxygen atoms in total. The van der Waals surface area contributed by atoms with E-state index in [4.69, 9.17) is 4.74 Å². The Kier molecular flexibility index (Phi) is 6.05. The van der Waals surface area contributed by atoms with Gasteiger partial charge in [0.05, 0.1) is 6.61 Å². The van der Waals surface area contributed by atoms with Gasteiger partial charge in [-0.25, -0.2) is 0 Å². The van der Waals surface area contributed by atoms with Gasteiger partial charge in [0.1, 0.15) is 5.75 Å². The zero-order valence-electron chi connectivity index (χ0n) is 18.1. The van der Waals surface area contributed by atoms with E-state index in [0.717, 1.165) is 36.2 Å². The molecule has 2 bridgehead atoms. The van der Waals surface area contributed by atoms with E-state index in [1.807, 2.05) is 0 Å². The predicted octanol–water partition coefficient (Wildman–Crippen LogP) is 7.38. The van der Waals surface area contributed by atoms with Gasteiger partial charge in [-0.05, 0) is 99.3 Å². The normalized spacial score (nSPS) is 34.5. The van der Waals surface area contributed by atoms with E-state index in [-0.39, 0.29) is 0 Å². The highest BCUT2D eigenvalue weighted by atomic mass is 16.5. The van der Waals surface area contributed by atoms with Crippen molar-refractivity contribution in [2.45, 2.75) is 90.9 Å². The highest BCUT2D eigenvalue weighted by Gasteiger charge is 2.51. The molecule has 0 heterocycles. The van der Waals surface area contributed by atoms with Crippen LogP contribution in [-0.2, 0) is 0 Å². The van der Waals surface area contributed by atoms with Gasteiger partial charge >= 0.3 is 0 Å². The van der Waals surface area contributed by atoms with Crippen molar-refractivity contribution < 1.29 is 4.74 Å². The summed E-state index contributed by atoms with van der Waals surface area (Å²) in [6.07, 6.45) is 16.8. The summed E-state index contributed by atoms with van der Waals surface area (Å²) in [5, 5.41) is 0. The molecule has 0 spiro atoms. The average Bonchev–Trinajstić information content (AvgIpc) is 2.78. The smallest absolute Gasteiger partial charge is 0.119 e. The molecule has 0 N–H and O–H groups in total. The standard InChI is InChI=1S/C27H38O/c1-3-21-28-25-11-7-23(8-12-25)13-14-26-15-18-27(19-16-26,20-17-26)24-9-5-22(4-2)6-10-24/h7-8,11-12,22,24H,3-6,9-10,15-21H2,1-2H3/t22-,24-,26?,27?. The third-order valence-corrected chi connectivity index (χ3v) is 8.39. The minimum absolute atomic E-state index is 0.305.